The molecule has 1 fully saturated rings. The van der Waals surface area contributed by atoms with Gasteiger partial charge in [0.05, 0.1) is 5.54 Å². The molecule has 1 aliphatic heterocycles. The van der Waals surface area contributed by atoms with Crippen LogP contribution in [-0.2, 0) is 15.1 Å². The van der Waals surface area contributed by atoms with Crippen LogP contribution in [0.15, 0.2) is 91.0 Å². The number of rotatable bonds is 9. The van der Waals surface area contributed by atoms with Gasteiger partial charge in [0.1, 0.15) is 29.3 Å². The van der Waals surface area contributed by atoms with Crippen LogP contribution in [0.2, 0.25) is 0 Å². The zero-order chi connectivity index (χ0) is 30.1. The maximum atomic E-state index is 13.6. The van der Waals surface area contributed by atoms with Crippen molar-refractivity contribution in [2.45, 2.75) is 30.4 Å². The summed E-state index contributed by atoms with van der Waals surface area (Å²) in [6, 6.07) is 26.1. The molecule has 1 saturated carbocycles. The molecular formula is C34H30FN3O5. The normalized spacial score (nSPS) is 17.7. The predicted octanol–water partition coefficient (Wildman–Crippen LogP) is 4.74. The van der Waals surface area contributed by atoms with Gasteiger partial charge in [-0.25, -0.2) is 4.39 Å². The van der Waals surface area contributed by atoms with Gasteiger partial charge in [-0.05, 0) is 72.0 Å². The highest BCUT2D eigenvalue weighted by atomic mass is 19.1. The molecule has 2 unspecified atom stereocenters. The van der Waals surface area contributed by atoms with Crippen molar-refractivity contribution in [3.8, 4) is 22.6 Å². The van der Waals surface area contributed by atoms with Gasteiger partial charge in [-0.1, -0.05) is 48.5 Å². The van der Waals surface area contributed by atoms with Crippen LogP contribution in [-0.4, -0.2) is 31.4 Å². The van der Waals surface area contributed by atoms with E-state index in [1.165, 1.54) is 12.1 Å². The average Bonchev–Trinajstić information content (AvgIpc) is 3.71. The van der Waals surface area contributed by atoms with E-state index in [0.717, 1.165) is 18.4 Å². The minimum atomic E-state index is -0.715. The number of nitrogens with two attached hydrogens (primary N) is 1. The molecule has 1 aliphatic carbocycles. The molecule has 0 radical (unpaired) electrons. The summed E-state index contributed by atoms with van der Waals surface area (Å²) in [6.45, 7) is -0.350. The summed E-state index contributed by atoms with van der Waals surface area (Å²) in [5.74, 6) is -1.39. The number of fused-ring (bicyclic) bond motifs is 1. The Labute approximate surface area is 248 Å². The highest BCUT2D eigenvalue weighted by Gasteiger charge is 2.45. The number of hydrogen-bond acceptors (Lipinski definition) is 5. The lowest BCUT2D eigenvalue weighted by atomic mass is 9.88. The maximum absolute atomic E-state index is 13.6. The van der Waals surface area contributed by atoms with Crippen LogP contribution >= 0.6 is 0 Å². The lowest BCUT2D eigenvalue weighted by Crippen LogP contribution is -2.34. The number of carbonyl (C=O) groups excluding carboxylic acids is 3. The molecule has 2 aliphatic rings. The SMILES string of the molecule is CNC(=O)C1c2cc(-c3cc(C(=O)NC4(c5ccccc5)CC4)ccc3OCC(N)=O)ccc2OC1c1ccc(F)cc1. The fraction of sp³-hybridized carbons (Fsp3) is 0.206. The number of halogens is 1. The quantitative estimate of drug-likeness (QED) is 0.265. The summed E-state index contributed by atoms with van der Waals surface area (Å²) < 4.78 is 25.6. The maximum Gasteiger partial charge on any atom is 0.255 e. The molecule has 43 heavy (non-hydrogen) atoms. The van der Waals surface area contributed by atoms with E-state index < -0.39 is 23.5 Å². The van der Waals surface area contributed by atoms with Crippen molar-refractivity contribution < 1.29 is 28.2 Å². The van der Waals surface area contributed by atoms with E-state index in [4.69, 9.17) is 15.2 Å². The predicted molar refractivity (Wildman–Crippen MR) is 158 cm³/mol. The Bertz CT molecular complexity index is 1700. The van der Waals surface area contributed by atoms with Crippen LogP contribution in [0.4, 0.5) is 4.39 Å². The molecule has 6 rings (SSSR count). The van der Waals surface area contributed by atoms with Gasteiger partial charge in [-0.15, -0.1) is 0 Å². The van der Waals surface area contributed by atoms with Gasteiger partial charge in [0.25, 0.3) is 11.8 Å². The number of carbonyl (C=O) groups is 3. The minimum Gasteiger partial charge on any atom is -0.484 e. The monoisotopic (exact) mass is 579 g/mol. The van der Waals surface area contributed by atoms with Crippen molar-refractivity contribution in [3.63, 3.8) is 0 Å². The number of ether oxygens (including phenoxy) is 2. The molecule has 0 bridgehead atoms. The average molecular weight is 580 g/mol. The van der Waals surface area contributed by atoms with Gasteiger partial charge in [-0.3, -0.25) is 14.4 Å². The van der Waals surface area contributed by atoms with Crippen molar-refractivity contribution >= 4 is 17.7 Å². The van der Waals surface area contributed by atoms with Gasteiger partial charge in [-0.2, -0.15) is 0 Å². The summed E-state index contributed by atoms with van der Waals surface area (Å²) in [6.07, 6.45) is 1.02. The van der Waals surface area contributed by atoms with Crippen molar-refractivity contribution in [1.82, 2.24) is 10.6 Å². The first-order chi connectivity index (χ1) is 20.8. The Morgan fingerprint density at radius 2 is 1.72 bits per heavy atom. The van der Waals surface area contributed by atoms with E-state index in [0.29, 0.717) is 39.3 Å². The van der Waals surface area contributed by atoms with Gasteiger partial charge < -0.3 is 25.8 Å². The standard InChI is InChI=1S/C34H30FN3O5/c1-37-33(41)30-26-17-21(9-14-28(26)43-31(30)20-7-11-24(35)12-8-20)25-18-22(10-13-27(25)42-19-29(36)39)32(40)38-34(15-16-34)23-5-3-2-4-6-23/h2-14,17-18,30-31H,15-16,19H2,1H3,(H2,36,39)(H,37,41)(H,38,40). The number of nitrogens with one attached hydrogen (secondary N) is 2. The summed E-state index contributed by atoms with van der Waals surface area (Å²) in [5.41, 5.74) is 8.89. The number of likely N-dealkylation sites (N-methyl/N-ethyl adjacent to an activating group) is 1. The third-order valence-corrected chi connectivity index (χ3v) is 7.98. The van der Waals surface area contributed by atoms with Gasteiger partial charge in [0, 0.05) is 23.7 Å². The van der Waals surface area contributed by atoms with Crippen LogP contribution in [0.1, 0.15) is 51.9 Å². The molecule has 0 spiro atoms. The summed E-state index contributed by atoms with van der Waals surface area (Å²) in [7, 11) is 1.55. The fourth-order valence-corrected chi connectivity index (χ4v) is 5.61. The fourth-order valence-electron chi connectivity index (χ4n) is 5.61. The van der Waals surface area contributed by atoms with Crippen LogP contribution < -0.4 is 25.8 Å². The summed E-state index contributed by atoms with van der Waals surface area (Å²) >= 11 is 0. The van der Waals surface area contributed by atoms with Gasteiger partial charge >= 0.3 is 0 Å². The van der Waals surface area contributed by atoms with Crippen molar-refractivity contribution in [3.05, 3.63) is 119 Å². The van der Waals surface area contributed by atoms with Gasteiger partial charge in [0.2, 0.25) is 5.91 Å². The first-order valence-corrected chi connectivity index (χ1v) is 14.0. The Balaban J connectivity index is 1.37. The zero-order valence-electron chi connectivity index (χ0n) is 23.4. The first kappa shape index (κ1) is 28.0. The van der Waals surface area contributed by atoms with E-state index in [-0.39, 0.29) is 24.2 Å². The molecule has 218 valence electrons. The second-order valence-corrected chi connectivity index (χ2v) is 10.8. The number of hydrogen-bond donors (Lipinski definition) is 3. The van der Waals surface area contributed by atoms with Crippen LogP contribution in [0.5, 0.6) is 11.5 Å². The molecule has 4 aromatic rings. The van der Waals surface area contributed by atoms with Gasteiger partial charge in [0.15, 0.2) is 6.61 Å². The van der Waals surface area contributed by atoms with Crippen molar-refractivity contribution in [1.29, 1.82) is 0 Å². The minimum absolute atomic E-state index is 0.242. The molecule has 2 atom stereocenters. The molecule has 1 heterocycles. The molecule has 0 saturated heterocycles. The van der Waals surface area contributed by atoms with Crippen molar-refractivity contribution in [2.24, 2.45) is 5.73 Å². The number of primary amides is 1. The number of benzene rings is 4. The Hall–Kier alpha value is -5.18. The molecule has 0 aromatic heterocycles. The van der Waals surface area contributed by atoms with Crippen molar-refractivity contribution in [2.75, 3.05) is 13.7 Å². The lowest BCUT2D eigenvalue weighted by Gasteiger charge is -2.19. The molecule has 3 amide bonds. The Kier molecular flexibility index (Phi) is 7.31. The van der Waals surface area contributed by atoms with E-state index >= 15 is 0 Å². The molecular weight excluding hydrogens is 549 g/mol. The second kappa shape index (κ2) is 11.2. The first-order valence-electron chi connectivity index (χ1n) is 14.0. The zero-order valence-corrected chi connectivity index (χ0v) is 23.4. The Morgan fingerprint density at radius 1 is 0.977 bits per heavy atom. The largest absolute Gasteiger partial charge is 0.484 e. The molecule has 8 nitrogen and oxygen atoms in total. The van der Waals surface area contributed by atoms with Crippen LogP contribution in [0, 0.1) is 5.82 Å². The van der Waals surface area contributed by atoms with Crippen LogP contribution in [0.25, 0.3) is 11.1 Å². The highest BCUT2D eigenvalue weighted by Crippen LogP contribution is 2.49. The smallest absolute Gasteiger partial charge is 0.255 e. The third kappa shape index (κ3) is 5.53. The molecule has 4 aromatic carbocycles. The topological polar surface area (TPSA) is 120 Å². The van der Waals surface area contributed by atoms with E-state index in [2.05, 4.69) is 10.6 Å². The van der Waals surface area contributed by atoms with Crippen LogP contribution in [0.3, 0.4) is 0 Å². The number of amides is 3. The third-order valence-electron chi connectivity index (χ3n) is 7.98. The summed E-state index contributed by atoms with van der Waals surface area (Å²) in [5, 5.41) is 5.90. The Morgan fingerprint density at radius 3 is 2.40 bits per heavy atom. The molecule has 4 N–H and O–H groups in total. The molecule has 9 heteroatoms. The highest BCUT2D eigenvalue weighted by molar-refractivity contribution is 5.97. The second-order valence-electron chi connectivity index (χ2n) is 10.8. The van der Waals surface area contributed by atoms with E-state index in [1.54, 1.807) is 49.5 Å². The van der Waals surface area contributed by atoms with E-state index in [9.17, 15) is 18.8 Å². The lowest BCUT2D eigenvalue weighted by molar-refractivity contribution is -0.123. The van der Waals surface area contributed by atoms with E-state index in [1.807, 2.05) is 36.4 Å². The summed E-state index contributed by atoms with van der Waals surface area (Å²) in [4.78, 5) is 38.2.